The molecule has 0 aliphatic rings. The molecule has 1 N–H and O–H groups in total. The van der Waals surface area contributed by atoms with Gasteiger partial charge in [-0.15, -0.1) is 0 Å². The van der Waals surface area contributed by atoms with Crippen molar-refractivity contribution in [2.45, 2.75) is 32.9 Å². The monoisotopic (exact) mass is 417 g/mol. The molecule has 8 heteroatoms. The SMILES string of the molecule is CC(C)c1c(C(=O)N(C)C)n(CCN(C)Cc2ccc(F)cc2)c(C=O)c(O)c1=O. The Morgan fingerprint density at radius 2 is 1.80 bits per heavy atom. The van der Waals surface area contributed by atoms with Gasteiger partial charge < -0.3 is 19.5 Å². The fourth-order valence-corrected chi connectivity index (χ4v) is 3.33. The molecule has 162 valence electrons. The summed E-state index contributed by atoms with van der Waals surface area (Å²) in [4.78, 5) is 40.6. The van der Waals surface area contributed by atoms with Crippen LogP contribution in [0.15, 0.2) is 29.1 Å². The van der Waals surface area contributed by atoms with E-state index in [4.69, 9.17) is 0 Å². The van der Waals surface area contributed by atoms with Crippen LogP contribution < -0.4 is 5.43 Å². The molecular weight excluding hydrogens is 389 g/mol. The molecule has 0 saturated carbocycles. The number of aldehydes is 1. The zero-order valence-corrected chi connectivity index (χ0v) is 18.0. The average Bonchev–Trinajstić information content (AvgIpc) is 2.69. The third-order valence-electron chi connectivity index (χ3n) is 4.89. The number of hydrogen-bond donors (Lipinski definition) is 1. The Bertz CT molecular complexity index is 981. The van der Waals surface area contributed by atoms with Crippen molar-refractivity contribution in [1.82, 2.24) is 14.4 Å². The number of hydrogen-bond acceptors (Lipinski definition) is 5. The van der Waals surface area contributed by atoms with Crippen LogP contribution in [0.4, 0.5) is 4.39 Å². The number of rotatable bonds is 8. The van der Waals surface area contributed by atoms with Crippen molar-refractivity contribution < 1.29 is 19.1 Å². The molecule has 1 aromatic carbocycles. The fourth-order valence-electron chi connectivity index (χ4n) is 3.33. The Balaban J connectivity index is 2.46. The van der Waals surface area contributed by atoms with Crippen LogP contribution in [0.1, 0.15) is 51.9 Å². The lowest BCUT2D eigenvalue weighted by atomic mass is 9.98. The normalized spacial score (nSPS) is 11.2. The first kappa shape index (κ1) is 23.3. The highest BCUT2D eigenvalue weighted by atomic mass is 19.1. The van der Waals surface area contributed by atoms with Crippen LogP contribution in [0.2, 0.25) is 0 Å². The number of amides is 1. The molecule has 0 aliphatic carbocycles. The van der Waals surface area contributed by atoms with Gasteiger partial charge in [-0.1, -0.05) is 26.0 Å². The van der Waals surface area contributed by atoms with Gasteiger partial charge in [0.15, 0.2) is 12.0 Å². The Hall–Kier alpha value is -3.00. The molecule has 1 aromatic heterocycles. The van der Waals surface area contributed by atoms with Gasteiger partial charge in [0.05, 0.1) is 0 Å². The van der Waals surface area contributed by atoms with Crippen LogP contribution in [0.3, 0.4) is 0 Å². The molecule has 30 heavy (non-hydrogen) atoms. The van der Waals surface area contributed by atoms with Crippen molar-refractivity contribution in [3.05, 3.63) is 62.8 Å². The Morgan fingerprint density at radius 1 is 1.20 bits per heavy atom. The smallest absolute Gasteiger partial charge is 0.270 e. The molecule has 0 unspecified atom stereocenters. The first-order valence-corrected chi connectivity index (χ1v) is 9.67. The van der Waals surface area contributed by atoms with Crippen LogP contribution in [0.5, 0.6) is 5.75 Å². The van der Waals surface area contributed by atoms with Crippen LogP contribution in [0.25, 0.3) is 0 Å². The molecule has 0 aliphatic heterocycles. The summed E-state index contributed by atoms with van der Waals surface area (Å²) in [7, 11) is 4.98. The highest BCUT2D eigenvalue weighted by molar-refractivity contribution is 5.95. The summed E-state index contributed by atoms with van der Waals surface area (Å²) < 4.78 is 14.5. The largest absolute Gasteiger partial charge is 0.503 e. The van der Waals surface area contributed by atoms with E-state index < -0.39 is 17.1 Å². The molecule has 7 nitrogen and oxygen atoms in total. The Morgan fingerprint density at radius 3 is 2.30 bits per heavy atom. The summed E-state index contributed by atoms with van der Waals surface area (Å²) >= 11 is 0. The van der Waals surface area contributed by atoms with Crippen LogP contribution in [0, 0.1) is 5.82 Å². The molecule has 0 spiro atoms. The van der Waals surface area contributed by atoms with Gasteiger partial charge >= 0.3 is 0 Å². The molecule has 1 amide bonds. The molecule has 0 atom stereocenters. The summed E-state index contributed by atoms with van der Waals surface area (Å²) in [6.45, 7) is 4.67. The van der Waals surface area contributed by atoms with E-state index in [-0.39, 0.29) is 35.2 Å². The van der Waals surface area contributed by atoms with Crippen LogP contribution in [-0.4, -0.2) is 59.4 Å². The predicted octanol–water partition coefficient (Wildman–Crippen LogP) is 2.46. The minimum atomic E-state index is -0.701. The maximum absolute atomic E-state index is 13.1. The summed E-state index contributed by atoms with van der Waals surface area (Å²) in [5, 5.41) is 10.3. The number of nitrogens with zero attached hydrogens (tertiary/aromatic N) is 3. The Labute approximate surface area is 175 Å². The van der Waals surface area contributed by atoms with E-state index in [1.807, 2.05) is 11.9 Å². The van der Waals surface area contributed by atoms with E-state index in [0.29, 0.717) is 19.4 Å². The number of benzene rings is 1. The van der Waals surface area contributed by atoms with E-state index in [1.165, 1.54) is 21.6 Å². The minimum absolute atomic E-state index is 0.107. The lowest BCUT2D eigenvalue weighted by Gasteiger charge is -2.25. The number of carbonyl (C=O) groups excluding carboxylic acids is 2. The van der Waals surface area contributed by atoms with Gasteiger partial charge in [-0.05, 0) is 30.7 Å². The Kier molecular flexibility index (Phi) is 7.50. The topological polar surface area (TPSA) is 82.8 Å². The first-order chi connectivity index (χ1) is 14.1. The predicted molar refractivity (Wildman–Crippen MR) is 113 cm³/mol. The second-order valence-electron chi connectivity index (χ2n) is 7.81. The van der Waals surface area contributed by atoms with Crippen molar-refractivity contribution in [3.8, 4) is 5.75 Å². The lowest BCUT2D eigenvalue weighted by molar-refractivity contribution is 0.0812. The molecule has 2 rings (SSSR count). The van der Waals surface area contributed by atoms with E-state index in [0.717, 1.165) is 5.56 Å². The molecule has 0 saturated heterocycles. The molecule has 2 aromatic rings. The van der Waals surface area contributed by atoms with Gasteiger partial charge in [0.25, 0.3) is 5.91 Å². The molecule has 0 radical (unpaired) electrons. The van der Waals surface area contributed by atoms with E-state index in [9.17, 15) is 23.9 Å². The van der Waals surface area contributed by atoms with Crippen molar-refractivity contribution in [2.75, 3.05) is 27.7 Å². The maximum Gasteiger partial charge on any atom is 0.270 e. The van der Waals surface area contributed by atoms with Crippen molar-refractivity contribution >= 4 is 12.2 Å². The van der Waals surface area contributed by atoms with Crippen molar-refractivity contribution in [3.63, 3.8) is 0 Å². The third kappa shape index (κ3) is 4.94. The summed E-state index contributed by atoms with van der Waals surface area (Å²) in [5.74, 6) is -1.70. The average molecular weight is 417 g/mol. The number of pyridine rings is 1. The van der Waals surface area contributed by atoms with Crippen molar-refractivity contribution in [1.29, 1.82) is 0 Å². The summed E-state index contributed by atoms with van der Waals surface area (Å²) in [6.07, 6.45) is 0.396. The zero-order valence-electron chi connectivity index (χ0n) is 18.0. The standard InChI is InChI=1S/C22H28FN3O4/c1-14(2)18-19(22(30)24(3)4)26(17(13-27)20(28)21(18)29)11-10-25(5)12-15-6-8-16(23)9-7-15/h6-9,13-14,28H,10-12H2,1-5H3. The number of carbonyl (C=O) groups is 2. The van der Waals surface area contributed by atoms with Gasteiger partial charge in [-0.3, -0.25) is 14.4 Å². The summed E-state index contributed by atoms with van der Waals surface area (Å²) in [5.41, 5.74) is 0.274. The zero-order chi connectivity index (χ0) is 22.6. The number of likely N-dealkylation sites (N-methyl/N-ethyl adjacent to an activating group) is 1. The van der Waals surface area contributed by atoms with E-state index in [2.05, 4.69) is 0 Å². The highest BCUT2D eigenvalue weighted by Gasteiger charge is 2.28. The van der Waals surface area contributed by atoms with Crippen LogP contribution >= 0.6 is 0 Å². The van der Waals surface area contributed by atoms with Gasteiger partial charge in [0.1, 0.15) is 17.2 Å². The maximum atomic E-state index is 13.1. The third-order valence-corrected chi connectivity index (χ3v) is 4.89. The quantitative estimate of drug-likeness (QED) is 0.667. The number of aromatic nitrogens is 1. The molecule has 0 fully saturated rings. The summed E-state index contributed by atoms with van der Waals surface area (Å²) in [6, 6.07) is 6.14. The molecule has 1 heterocycles. The second kappa shape index (κ2) is 9.67. The van der Waals surface area contributed by atoms with E-state index in [1.54, 1.807) is 40.1 Å². The number of halogens is 1. The van der Waals surface area contributed by atoms with E-state index >= 15 is 0 Å². The van der Waals surface area contributed by atoms with Crippen molar-refractivity contribution in [2.24, 2.45) is 0 Å². The second-order valence-corrected chi connectivity index (χ2v) is 7.81. The highest BCUT2D eigenvalue weighted by Crippen LogP contribution is 2.23. The van der Waals surface area contributed by atoms with Crippen LogP contribution in [-0.2, 0) is 13.1 Å². The lowest BCUT2D eigenvalue weighted by Crippen LogP contribution is -2.35. The number of aromatic hydroxyl groups is 1. The van der Waals surface area contributed by atoms with Gasteiger partial charge in [0, 0.05) is 39.3 Å². The van der Waals surface area contributed by atoms with Gasteiger partial charge in [-0.25, -0.2) is 4.39 Å². The molecular formula is C22H28FN3O4. The minimum Gasteiger partial charge on any atom is -0.503 e. The van der Waals surface area contributed by atoms with Gasteiger partial charge in [-0.2, -0.15) is 0 Å². The van der Waals surface area contributed by atoms with Gasteiger partial charge in [0.2, 0.25) is 5.43 Å². The molecule has 0 bridgehead atoms. The fraction of sp³-hybridized carbons (Fsp3) is 0.409. The first-order valence-electron chi connectivity index (χ1n) is 9.67.